The van der Waals surface area contributed by atoms with E-state index in [-0.39, 0.29) is 6.61 Å². The van der Waals surface area contributed by atoms with Crippen molar-refractivity contribution >= 4 is 29.2 Å². The second-order valence-electron chi connectivity index (χ2n) is 3.50. The molecule has 0 aliphatic carbocycles. The average molecular weight is 263 g/mol. The van der Waals surface area contributed by atoms with Crippen molar-refractivity contribution in [2.75, 3.05) is 18.1 Å². The normalized spacial score (nSPS) is 19.5. The molecule has 0 radical (unpaired) electrons. The van der Waals surface area contributed by atoms with Gasteiger partial charge in [-0.15, -0.1) is 29.9 Å². The van der Waals surface area contributed by atoms with Crippen molar-refractivity contribution in [1.29, 1.82) is 0 Å². The molecular formula is C13H13NOS2. The van der Waals surface area contributed by atoms with E-state index in [4.69, 9.17) is 11.3 Å². The molecule has 0 spiro atoms. The van der Waals surface area contributed by atoms with Crippen LogP contribution in [0, 0.1) is 12.3 Å². The van der Waals surface area contributed by atoms with E-state index < -0.39 is 0 Å². The Bertz CT molecular complexity index is 415. The third kappa shape index (κ3) is 3.72. The van der Waals surface area contributed by atoms with Crippen LogP contribution in [0.5, 0.6) is 0 Å². The maximum Gasteiger partial charge on any atom is 0.177 e. The fourth-order valence-electron chi connectivity index (χ4n) is 1.45. The van der Waals surface area contributed by atoms with Crippen LogP contribution in [0.4, 0.5) is 0 Å². The first kappa shape index (κ1) is 12.4. The molecule has 0 N–H and O–H groups in total. The van der Waals surface area contributed by atoms with Crippen LogP contribution in [0.1, 0.15) is 10.1 Å². The van der Waals surface area contributed by atoms with Gasteiger partial charge in [0.2, 0.25) is 0 Å². The van der Waals surface area contributed by atoms with Gasteiger partial charge in [0.25, 0.3) is 0 Å². The van der Waals surface area contributed by atoms with E-state index >= 15 is 0 Å². The summed E-state index contributed by atoms with van der Waals surface area (Å²) in [6.45, 7) is 0.251. The van der Waals surface area contributed by atoms with E-state index in [0.717, 1.165) is 17.2 Å². The Morgan fingerprint density at radius 1 is 1.29 bits per heavy atom. The molecule has 2 rings (SSSR count). The molecule has 0 saturated carbocycles. The van der Waals surface area contributed by atoms with Gasteiger partial charge < -0.3 is 4.84 Å². The first-order valence-electron chi connectivity index (χ1n) is 5.29. The summed E-state index contributed by atoms with van der Waals surface area (Å²) in [5.74, 6) is 4.23. The zero-order valence-electron chi connectivity index (χ0n) is 9.33. The Morgan fingerprint density at radius 2 is 2.00 bits per heavy atom. The number of thioether (sulfide) groups is 2. The number of terminal acetylenes is 1. The summed E-state index contributed by atoms with van der Waals surface area (Å²) in [7, 11) is 0. The van der Waals surface area contributed by atoms with Gasteiger partial charge in [-0.2, -0.15) is 0 Å². The largest absolute Gasteiger partial charge is 0.383 e. The fraction of sp³-hybridized carbons (Fsp3) is 0.308. The summed E-state index contributed by atoms with van der Waals surface area (Å²) in [4.78, 5) is 4.99. The van der Waals surface area contributed by atoms with Crippen LogP contribution < -0.4 is 0 Å². The van der Waals surface area contributed by atoms with Gasteiger partial charge in [0.05, 0.1) is 10.3 Å². The standard InChI is InChI=1S/C13H13NOS2/c1-2-8-15-14-12-9-16-13(17-10-12)11-6-4-3-5-7-11/h1,3-7,13H,8-10H2. The Balaban J connectivity index is 1.86. The Hall–Kier alpha value is -1.05. The molecule has 1 aliphatic rings. The summed E-state index contributed by atoms with van der Waals surface area (Å²) in [6.07, 6.45) is 5.09. The minimum absolute atomic E-state index is 0.251. The Kier molecular flexibility index (Phi) is 4.84. The highest BCUT2D eigenvalue weighted by Crippen LogP contribution is 2.42. The molecular weight excluding hydrogens is 250 g/mol. The first-order chi connectivity index (χ1) is 8.40. The van der Waals surface area contributed by atoms with Crippen LogP contribution in [-0.4, -0.2) is 23.8 Å². The van der Waals surface area contributed by atoms with E-state index in [0.29, 0.717) is 4.58 Å². The van der Waals surface area contributed by atoms with Crippen molar-refractivity contribution in [3.05, 3.63) is 35.9 Å². The summed E-state index contributed by atoms with van der Waals surface area (Å²) in [6, 6.07) is 10.5. The van der Waals surface area contributed by atoms with Crippen LogP contribution >= 0.6 is 23.5 Å². The molecule has 17 heavy (non-hydrogen) atoms. The number of hydrogen-bond donors (Lipinski definition) is 0. The topological polar surface area (TPSA) is 21.6 Å². The van der Waals surface area contributed by atoms with Gasteiger partial charge >= 0.3 is 0 Å². The van der Waals surface area contributed by atoms with Crippen molar-refractivity contribution in [3.63, 3.8) is 0 Å². The lowest BCUT2D eigenvalue weighted by Crippen LogP contribution is -2.14. The van der Waals surface area contributed by atoms with E-state index in [1.165, 1.54) is 5.56 Å². The zero-order valence-corrected chi connectivity index (χ0v) is 11.0. The highest BCUT2D eigenvalue weighted by Gasteiger charge is 2.20. The summed E-state index contributed by atoms with van der Waals surface area (Å²) < 4.78 is 0.503. The number of oxime groups is 1. The third-order valence-corrected chi connectivity index (χ3v) is 5.18. The Morgan fingerprint density at radius 3 is 2.65 bits per heavy atom. The minimum atomic E-state index is 0.251. The zero-order chi connectivity index (χ0) is 11.9. The lowest BCUT2D eigenvalue weighted by atomic mass is 10.2. The maximum absolute atomic E-state index is 5.09. The number of rotatable bonds is 3. The van der Waals surface area contributed by atoms with Gasteiger partial charge in [-0.3, -0.25) is 0 Å². The third-order valence-electron chi connectivity index (χ3n) is 2.22. The van der Waals surface area contributed by atoms with Gasteiger partial charge in [0.15, 0.2) is 6.61 Å². The predicted molar refractivity (Wildman–Crippen MR) is 76.3 cm³/mol. The van der Waals surface area contributed by atoms with Crippen molar-refractivity contribution in [2.24, 2.45) is 5.16 Å². The molecule has 1 aromatic carbocycles. The van der Waals surface area contributed by atoms with Crippen LogP contribution in [0.3, 0.4) is 0 Å². The monoisotopic (exact) mass is 263 g/mol. The predicted octanol–water partition coefficient (Wildman–Crippen LogP) is 3.17. The lowest BCUT2D eigenvalue weighted by molar-refractivity contribution is 0.179. The molecule has 0 aromatic heterocycles. The minimum Gasteiger partial charge on any atom is -0.383 e. The van der Waals surface area contributed by atoms with Gasteiger partial charge in [-0.1, -0.05) is 41.4 Å². The SMILES string of the molecule is C#CCON=C1CSC(c2ccccc2)SC1. The number of benzene rings is 1. The second-order valence-corrected chi connectivity index (χ2v) is 5.98. The summed E-state index contributed by atoms with van der Waals surface area (Å²) in [5.41, 5.74) is 2.44. The van der Waals surface area contributed by atoms with E-state index in [2.05, 4.69) is 35.3 Å². The summed E-state index contributed by atoms with van der Waals surface area (Å²) in [5, 5.41) is 4.03. The molecule has 2 nitrogen and oxygen atoms in total. The van der Waals surface area contributed by atoms with Crippen molar-refractivity contribution in [3.8, 4) is 12.3 Å². The molecule has 1 saturated heterocycles. The fourth-order valence-corrected chi connectivity index (χ4v) is 4.07. The average Bonchev–Trinajstić information content (AvgIpc) is 2.41. The second kappa shape index (κ2) is 6.63. The lowest BCUT2D eigenvalue weighted by Gasteiger charge is -2.22. The van der Waals surface area contributed by atoms with Gasteiger partial charge in [0, 0.05) is 11.5 Å². The smallest absolute Gasteiger partial charge is 0.177 e. The van der Waals surface area contributed by atoms with E-state index in [1.807, 2.05) is 29.6 Å². The van der Waals surface area contributed by atoms with Crippen LogP contribution in [0.15, 0.2) is 35.5 Å². The molecule has 0 atom stereocenters. The van der Waals surface area contributed by atoms with E-state index in [9.17, 15) is 0 Å². The molecule has 4 heteroatoms. The number of hydrogen-bond acceptors (Lipinski definition) is 4. The molecule has 1 heterocycles. The molecule has 1 aromatic rings. The van der Waals surface area contributed by atoms with Crippen molar-refractivity contribution < 1.29 is 4.84 Å². The maximum atomic E-state index is 5.09. The molecule has 1 aliphatic heterocycles. The highest BCUT2D eigenvalue weighted by molar-refractivity contribution is 8.18. The molecule has 0 amide bonds. The van der Waals surface area contributed by atoms with Crippen molar-refractivity contribution in [2.45, 2.75) is 4.58 Å². The van der Waals surface area contributed by atoms with Crippen LogP contribution in [-0.2, 0) is 4.84 Å². The molecule has 0 bridgehead atoms. The number of nitrogens with zero attached hydrogens (tertiary/aromatic N) is 1. The first-order valence-corrected chi connectivity index (χ1v) is 7.39. The van der Waals surface area contributed by atoms with Crippen molar-refractivity contribution in [1.82, 2.24) is 0 Å². The molecule has 1 fully saturated rings. The van der Waals surface area contributed by atoms with Crippen LogP contribution in [0.25, 0.3) is 0 Å². The molecule has 88 valence electrons. The Labute approximate surface area is 110 Å². The van der Waals surface area contributed by atoms with Crippen LogP contribution in [0.2, 0.25) is 0 Å². The quantitative estimate of drug-likeness (QED) is 0.475. The van der Waals surface area contributed by atoms with Gasteiger partial charge in [-0.25, -0.2) is 0 Å². The van der Waals surface area contributed by atoms with Gasteiger partial charge in [-0.05, 0) is 5.56 Å². The highest BCUT2D eigenvalue weighted by atomic mass is 32.2. The van der Waals surface area contributed by atoms with Gasteiger partial charge in [0.1, 0.15) is 0 Å². The summed E-state index contributed by atoms with van der Waals surface area (Å²) >= 11 is 3.77. The molecule has 0 unspecified atom stereocenters. The van der Waals surface area contributed by atoms with E-state index in [1.54, 1.807) is 0 Å².